The Morgan fingerprint density at radius 1 is 1.09 bits per heavy atom. The number of carbonyl (C=O) groups is 1. The Hall–Kier alpha value is -3.40. The molecule has 2 aromatic carbocycles. The number of methoxy groups -OCH3 is 1. The highest BCUT2D eigenvalue weighted by atomic mass is 32.2. The molecule has 9 nitrogen and oxygen atoms in total. The number of hydrogen-bond donors (Lipinski definition) is 0. The fourth-order valence-corrected chi connectivity index (χ4v) is 4.51. The third-order valence-electron chi connectivity index (χ3n) is 5.47. The van der Waals surface area contributed by atoms with Gasteiger partial charge in [-0.1, -0.05) is 18.2 Å². The Labute approximate surface area is 195 Å². The minimum Gasteiger partial charge on any atom is -0.497 e. The summed E-state index contributed by atoms with van der Waals surface area (Å²) >= 11 is 1.25. The molecular weight excluding hydrogens is 444 g/mol. The average molecular weight is 469 g/mol. The smallest absolute Gasteiger partial charge is 0.316 e. The molecule has 4 rings (SSSR count). The molecular formula is C23H24N4O5S. The third-order valence-corrected chi connectivity index (χ3v) is 6.37. The van der Waals surface area contributed by atoms with E-state index in [0.717, 1.165) is 31.4 Å². The van der Waals surface area contributed by atoms with Crippen molar-refractivity contribution in [3.63, 3.8) is 0 Å². The standard InChI is InChI=1S/C23H24N4O5S/c1-31-19-13-11-17(12-14-19)26-22(16-7-9-18(10-8-16)27(29)30)24-25-23(26)33-15-21(28)32-20-5-3-2-4-6-20/h7-14,20H,2-6,15H2,1H3. The molecule has 1 saturated carbocycles. The highest BCUT2D eigenvalue weighted by Crippen LogP contribution is 2.30. The molecule has 0 bridgehead atoms. The maximum absolute atomic E-state index is 12.4. The Morgan fingerprint density at radius 2 is 1.79 bits per heavy atom. The average Bonchev–Trinajstić information content (AvgIpc) is 3.27. The summed E-state index contributed by atoms with van der Waals surface area (Å²) in [5, 5.41) is 20.1. The maximum atomic E-state index is 12.4. The van der Waals surface area contributed by atoms with Crippen LogP contribution in [0.15, 0.2) is 53.7 Å². The van der Waals surface area contributed by atoms with Gasteiger partial charge in [0.15, 0.2) is 11.0 Å². The second-order valence-electron chi connectivity index (χ2n) is 7.68. The lowest BCUT2D eigenvalue weighted by atomic mass is 9.98. The van der Waals surface area contributed by atoms with Crippen molar-refractivity contribution in [1.82, 2.24) is 14.8 Å². The van der Waals surface area contributed by atoms with E-state index in [1.807, 2.05) is 28.8 Å². The second kappa shape index (κ2) is 10.5. The quantitative estimate of drug-likeness (QED) is 0.200. The van der Waals surface area contributed by atoms with Gasteiger partial charge in [-0.3, -0.25) is 19.5 Å². The van der Waals surface area contributed by atoms with Gasteiger partial charge >= 0.3 is 5.97 Å². The van der Waals surface area contributed by atoms with Crippen molar-refractivity contribution in [1.29, 1.82) is 0 Å². The fraction of sp³-hybridized carbons (Fsp3) is 0.348. The van der Waals surface area contributed by atoms with Crippen molar-refractivity contribution >= 4 is 23.4 Å². The summed E-state index contributed by atoms with van der Waals surface area (Å²) in [6, 6.07) is 13.5. The van der Waals surface area contributed by atoms with Crippen molar-refractivity contribution in [2.45, 2.75) is 43.4 Å². The molecule has 172 valence electrons. The normalized spacial score (nSPS) is 14.1. The van der Waals surface area contributed by atoms with Crippen molar-refractivity contribution in [3.8, 4) is 22.8 Å². The molecule has 0 aliphatic heterocycles. The van der Waals surface area contributed by atoms with E-state index in [4.69, 9.17) is 9.47 Å². The molecule has 1 fully saturated rings. The van der Waals surface area contributed by atoms with Gasteiger partial charge in [0, 0.05) is 23.4 Å². The number of carbonyl (C=O) groups excluding carboxylic acids is 1. The highest BCUT2D eigenvalue weighted by molar-refractivity contribution is 7.99. The fourth-order valence-electron chi connectivity index (χ4n) is 3.77. The number of esters is 1. The van der Waals surface area contributed by atoms with Crippen LogP contribution in [-0.2, 0) is 9.53 Å². The van der Waals surface area contributed by atoms with Crippen LogP contribution in [0, 0.1) is 10.1 Å². The van der Waals surface area contributed by atoms with Crippen LogP contribution in [-0.4, -0.2) is 44.6 Å². The Morgan fingerprint density at radius 3 is 2.42 bits per heavy atom. The molecule has 10 heteroatoms. The van der Waals surface area contributed by atoms with Gasteiger partial charge in [-0.2, -0.15) is 0 Å². The predicted octanol–water partition coefficient (Wildman–Crippen LogP) is 4.82. The lowest BCUT2D eigenvalue weighted by Gasteiger charge is -2.21. The number of nitrogens with zero attached hydrogens (tertiary/aromatic N) is 4. The molecule has 1 aliphatic carbocycles. The summed E-state index contributed by atoms with van der Waals surface area (Å²) in [5.74, 6) is 1.06. The summed E-state index contributed by atoms with van der Waals surface area (Å²) in [5.41, 5.74) is 1.44. The number of ether oxygens (including phenoxy) is 2. The van der Waals surface area contributed by atoms with E-state index < -0.39 is 4.92 Å². The lowest BCUT2D eigenvalue weighted by Crippen LogP contribution is -2.22. The van der Waals surface area contributed by atoms with Crippen LogP contribution in [0.3, 0.4) is 0 Å². The number of benzene rings is 2. The number of thioether (sulfide) groups is 1. The summed E-state index contributed by atoms with van der Waals surface area (Å²) in [4.78, 5) is 23.0. The highest BCUT2D eigenvalue weighted by Gasteiger charge is 2.21. The Balaban J connectivity index is 1.59. The zero-order chi connectivity index (χ0) is 23.2. The summed E-state index contributed by atoms with van der Waals surface area (Å²) in [6.07, 6.45) is 5.22. The monoisotopic (exact) mass is 468 g/mol. The first-order valence-electron chi connectivity index (χ1n) is 10.7. The van der Waals surface area contributed by atoms with Gasteiger partial charge in [-0.25, -0.2) is 0 Å². The SMILES string of the molecule is COc1ccc(-n2c(SCC(=O)OC3CCCCC3)nnc2-c2ccc([N+](=O)[O-])cc2)cc1. The Bertz CT molecular complexity index is 1110. The van der Waals surface area contributed by atoms with Gasteiger partial charge in [0.05, 0.1) is 17.8 Å². The first kappa shape index (κ1) is 22.8. The summed E-state index contributed by atoms with van der Waals surface area (Å²) in [6.45, 7) is 0. The minimum atomic E-state index is -0.447. The van der Waals surface area contributed by atoms with Gasteiger partial charge in [0.25, 0.3) is 5.69 Å². The number of non-ortho nitro benzene ring substituents is 1. The van der Waals surface area contributed by atoms with E-state index in [0.29, 0.717) is 22.3 Å². The van der Waals surface area contributed by atoms with E-state index in [-0.39, 0.29) is 23.5 Å². The zero-order valence-corrected chi connectivity index (χ0v) is 19.0. The molecule has 33 heavy (non-hydrogen) atoms. The summed E-state index contributed by atoms with van der Waals surface area (Å²) in [7, 11) is 1.59. The van der Waals surface area contributed by atoms with Gasteiger partial charge in [0.1, 0.15) is 11.9 Å². The molecule has 0 saturated heterocycles. The van der Waals surface area contributed by atoms with E-state index in [1.165, 1.54) is 30.3 Å². The molecule has 0 spiro atoms. The van der Waals surface area contributed by atoms with Crippen molar-refractivity contribution in [2.24, 2.45) is 0 Å². The molecule has 3 aromatic rings. The maximum Gasteiger partial charge on any atom is 0.316 e. The number of aromatic nitrogens is 3. The lowest BCUT2D eigenvalue weighted by molar-refractivity contribution is -0.384. The van der Waals surface area contributed by atoms with E-state index >= 15 is 0 Å². The van der Waals surface area contributed by atoms with Gasteiger partial charge in [-0.05, 0) is 62.1 Å². The molecule has 0 N–H and O–H groups in total. The largest absolute Gasteiger partial charge is 0.497 e. The van der Waals surface area contributed by atoms with Crippen LogP contribution in [0.25, 0.3) is 17.1 Å². The number of rotatable bonds is 8. The van der Waals surface area contributed by atoms with Crippen molar-refractivity contribution < 1.29 is 19.2 Å². The van der Waals surface area contributed by atoms with Crippen molar-refractivity contribution in [2.75, 3.05) is 12.9 Å². The second-order valence-corrected chi connectivity index (χ2v) is 8.62. The minimum absolute atomic E-state index is 0.00183. The van der Waals surface area contributed by atoms with Gasteiger partial charge in [-0.15, -0.1) is 10.2 Å². The third kappa shape index (κ3) is 5.51. The molecule has 1 heterocycles. The number of nitro groups is 1. The van der Waals surface area contributed by atoms with Crippen LogP contribution in [0.1, 0.15) is 32.1 Å². The Kier molecular flexibility index (Phi) is 7.23. The predicted molar refractivity (Wildman–Crippen MR) is 124 cm³/mol. The summed E-state index contributed by atoms with van der Waals surface area (Å²) < 4.78 is 12.7. The van der Waals surface area contributed by atoms with Crippen LogP contribution in [0.4, 0.5) is 5.69 Å². The van der Waals surface area contributed by atoms with Crippen LogP contribution in [0.5, 0.6) is 5.75 Å². The molecule has 1 aromatic heterocycles. The van der Waals surface area contributed by atoms with E-state index in [9.17, 15) is 14.9 Å². The molecule has 1 aliphatic rings. The van der Waals surface area contributed by atoms with Crippen LogP contribution in [0.2, 0.25) is 0 Å². The molecule has 0 unspecified atom stereocenters. The van der Waals surface area contributed by atoms with Gasteiger partial charge in [0.2, 0.25) is 0 Å². The molecule has 0 amide bonds. The van der Waals surface area contributed by atoms with Crippen LogP contribution >= 0.6 is 11.8 Å². The van der Waals surface area contributed by atoms with E-state index in [2.05, 4.69) is 10.2 Å². The van der Waals surface area contributed by atoms with Crippen molar-refractivity contribution in [3.05, 3.63) is 58.6 Å². The van der Waals surface area contributed by atoms with Crippen LogP contribution < -0.4 is 4.74 Å². The molecule has 0 atom stereocenters. The first-order chi connectivity index (χ1) is 16.0. The zero-order valence-electron chi connectivity index (χ0n) is 18.2. The first-order valence-corrected chi connectivity index (χ1v) is 11.7. The van der Waals surface area contributed by atoms with Gasteiger partial charge < -0.3 is 9.47 Å². The van der Waals surface area contributed by atoms with E-state index in [1.54, 1.807) is 19.2 Å². The number of hydrogen-bond acceptors (Lipinski definition) is 8. The number of nitro benzene ring substituents is 1. The topological polar surface area (TPSA) is 109 Å². The molecule has 0 radical (unpaired) electrons.